The van der Waals surface area contributed by atoms with Crippen LogP contribution in [0.4, 0.5) is 4.79 Å². The maximum Gasteiger partial charge on any atom is 0.317 e. The van der Waals surface area contributed by atoms with Crippen LogP contribution < -0.4 is 5.32 Å². The van der Waals surface area contributed by atoms with E-state index in [-0.39, 0.29) is 11.9 Å². The van der Waals surface area contributed by atoms with Gasteiger partial charge in [0.25, 0.3) is 0 Å². The van der Waals surface area contributed by atoms with Crippen molar-refractivity contribution in [3.63, 3.8) is 0 Å². The molecule has 114 valence electrons. The fraction of sp³-hybridized carbons (Fsp3) is 0.733. The summed E-state index contributed by atoms with van der Waals surface area (Å²) in [5.74, 6) is -1.03. The Morgan fingerprint density at radius 1 is 1.20 bits per heavy atom. The standard InChI is InChI=1S/C15H26N2O3/c1-2-3-4-5-6-7-10-16-15(20)17-11-8-13(9-12-17)14(18)19/h2,13H,1,3-12H2,(H,16,20)(H,18,19). The molecule has 0 atom stereocenters. The molecule has 0 aromatic carbocycles. The molecule has 20 heavy (non-hydrogen) atoms. The lowest BCUT2D eigenvalue weighted by atomic mass is 9.97. The van der Waals surface area contributed by atoms with Gasteiger partial charge in [0.15, 0.2) is 0 Å². The molecule has 2 amide bonds. The molecule has 0 aromatic heterocycles. The Morgan fingerprint density at radius 3 is 2.45 bits per heavy atom. The van der Waals surface area contributed by atoms with Crippen molar-refractivity contribution in [2.75, 3.05) is 19.6 Å². The van der Waals surface area contributed by atoms with Crippen LogP contribution in [0.2, 0.25) is 0 Å². The van der Waals surface area contributed by atoms with E-state index in [9.17, 15) is 9.59 Å². The number of nitrogens with zero attached hydrogens (tertiary/aromatic N) is 1. The third kappa shape index (κ3) is 6.08. The van der Waals surface area contributed by atoms with Crippen LogP contribution in [-0.4, -0.2) is 41.6 Å². The van der Waals surface area contributed by atoms with Gasteiger partial charge in [-0.3, -0.25) is 4.79 Å². The number of urea groups is 1. The van der Waals surface area contributed by atoms with Gasteiger partial charge in [-0.15, -0.1) is 6.58 Å². The molecule has 1 saturated heterocycles. The second kappa shape index (κ2) is 9.39. The second-order valence-electron chi connectivity index (χ2n) is 5.32. The average Bonchev–Trinajstić information content (AvgIpc) is 2.46. The van der Waals surface area contributed by atoms with Crippen molar-refractivity contribution in [3.05, 3.63) is 12.7 Å². The minimum Gasteiger partial charge on any atom is -0.481 e. The smallest absolute Gasteiger partial charge is 0.317 e. The van der Waals surface area contributed by atoms with Crippen molar-refractivity contribution in [1.82, 2.24) is 10.2 Å². The van der Waals surface area contributed by atoms with E-state index >= 15 is 0 Å². The van der Waals surface area contributed by atoms with Gasteiger partial charge >= 0.3 is 12.0 Å². The molecule has 1 aliphatic rings. The maximum absolute atomic E-state index is 11.9. The van der Waals surface area contributed by atoms with Crippen molar-refractivity contribution >= 4 is 12.0 Å². The number of likely N-dealkylation sites (tertiary alicyclic amines) is 1. The van der Waals surface area contributed by atoms with Gasteiger partial charge in [0.2, 0.25) is 0 Å². The largest absolute Gasteiger partial charge is 0.481 e. The van der Waals surface area contributed by atoms with Crippen LogP contribution in [0.5, 0.6) is 0 Å². The number of allylic oxidation sites excluding steroid dienone is 1. The zero-order valence-electron chi connectivity index (χ0n) is 12.1. The number of aliphatic carboxylic acids is 1. The molecule has 0 radical (unpaired) electrons. The van der Waals surface area contributed by atoms with Gasteiger partial charge in [0.05, 0.1) is 5.92 Å². The number of amides is 2. The van der Waals surface area contributed by atoms with Gasteiger partial charge in [-0.25, -0.2) is 4.79 Å². The van der Waals surface area contributed by atoms with E-state index < -0.39 is 5.97 Å². The molecule has 1 heterocycles. The summed E-state index contributed by atoms with van der Waals surface area (Å²) < 4.78 is 0. The number of rotatable bonds is 8. The zero-order valence-corrected chi connectivity index (χ0v) is 12.1. The first-order valence-corrected chi connectivity index (χ1v) is 7.51. The normalized spacial score (nSPS) is 15.9. The summed E-state index contributed by atoms with van der Waals surface area (Å²) in [6, 6.07) is -0.0556. The van der Waals surface area contributed by atoms with Crippen LogP contribution in [0.3, 0.4) is 0 Å². The monoisotopic (exact) mass is 282 g/mol. The summed E-state index contributed by atoms with van der Waals surface area (Å²) >= 11 is 0. The van der Waals surface area contributed by atoms with Crippen molar-refractivity contribution in [2.24, 2.45) is 5.92 Å². The molecule has 0 saturated carbocycles. The fourth-order valence-electron chi connectivity index (χ4n) is 2.40. The number of hydrogen-bond acceptors (Lipinski definition) is 2. The zero-order chi connectivity index (χ0) is 14.8. The van der Waals surface area contributed by atoms with E-state index in [0.29, 0.717) is 32.5 Å². The quantitative estimate of drug-likeness (QED) is 0.531. The highest BCUT2D eigenvalue weighted by atomic mass is 16.4. The summed E-state index contributed by atoms with van der Waals surface area (Å²) in [5, 5.41) is 11.8. The first kappa shape index (κ1) is 16.5. The molecule has 1 rings (SSSR count). The predicted molar refractivity (Wildman–Crippen MR) is 78.6 cm³/mol. The minimum absolute atomic E-state index is 0.0556. The van der Waals surface area contributed by atoms with Crippen molar-refractivity contribution in [3.8, 4) is 0 Å². The molecule has 2 N–H and O–H groups in total. The summed E-state index contributed by atoms with van der Waals surface area (Å²) in [6.45, 7) is 5.47. The molecule has 5 heteroatoms. The summed E-state index contributed by atoms with van der Waals surface area (Å²) in [4.78, 5) is 24.4. The van der Waals surface area contributed by atoms with Crippen molar-refractivity contribution < 1.29 is 14.7 Å². The molecular weight excluding hydrogens is 256 g/mol. The van der Waals surface area contributed by atoms with Gasteiger partial charge in [0.1, 0.15) is 0 Å². The molecule has 1 aliphatic heterocycles. The van der Waals surface area contributed by atoms with Gasteiger partial charge in [-0.05, 0) is 32.1 Å². The van der Waals surface area contributed by atoms with E-state index in [0.717, 1.165) is 19.3 Å². The fourth-order valence-corrected chi connectivity index (χ4v) is 2.40. The van der Waals surface area contributed by atoms with E-state index in [1.807, 2.05) is 6.08 Å². The average molecular weight is 282 g/mol. The van der Waals surface area contributed by atoms with E-state index in [4.69, 9.17) is 5.11 Å². The predicted octanol–water partition coefficient (Wildman–Crippen LogP) is 2.63. The van der Waals surface area contributed by atoms with Crippen LogP contribution in [0.25, 0.3) is 0 Å². The summed E-state index contributed by atoms with van der Waals surface area (Å²) in [6.07, 6.45) is 8.57. The summed E-state index contributed by atoms with van der Waals surface area (Å²) in [7, 11) is 0. The van der Waals surface area contributed by atoms with Crippen LogP contribution in [0.15, 0.2) is 12.7 Å². The molecule has 1 fully saturated rings. The van der Waals surface area contributed by atoms with Crippen LogP contribution in [-0.2, 0) is 4.79 Å². The first-order chi connectivity index (χ1) is 9.65. The van der Waals surface area contributed by atoms with Gasteiger partial charge in [-0.2, -0.15) is 0 Å². The molecule has 0 unspecified atom stereocenters. The number of nitrogens with one attached hydrogen (secondary N) is 1. The number of unbranched alkanes of at least 4 members (excludes halogenated alkanes) is 4. The van der Waals surface area contributed by atoms with Crippen molar-refractivity contribution in [1.29, 1.82) is 0 Å². The molecule has 0 aromatic rings. The molecule has 5 nitrogen and oxygen atoms in total. The molecule has 0 spiro atoms. The van der Waals surface area contributed by atoms with Gasteiger partial charge < -0.3 is 15.3 Å². The Hall–Kier alpha value is -1.52. The van der Waals surface area contributed by atoms with Gasteiger partial charge in [-0.1, -0.05) is 18.9 Å². The van der Waals surface area contributed by atoms with E-state index in [2.05, 4.69) is 11.9 Å². The van der Waals surface area contributed by atoms with Crippen LogP contribution >= 0.6 is 0 Å². The minimum atomic E-state index is -0.746. The second-order valence-corrected chi connectivity index (χ2v) is 5.32. The lowest BCUT2D eigenvalue weighted by Gasteiger charge is -2.30. The number of carbonyl (C=O) groups is 2. The number of carboxylic acids is 1. The first-order valence-electron chi connectivity index (χ1n) is 7.51. The summed E-state index contributed by atoms with van der Waals surface area (Å²) in [5.41, 5.74) is 0. The number of piperidine rings is 1. The topological polar surface area (TPSA) is 69.6 Å². The number of hydrogen-bond donors (Lipinski definition) is 2. The number of carbonyl (C=O) groups excluding carboxylic acids is 1. The van der Waals surface area contributed by atoms with Crippen LogP contribution in [0, 0.1) is 5.92 Å². The lowest BCUT2D eigenvalue weighted by molar-refractivity contribution is -0.143. The molecule has 0 aliphatic carbocycles. The highest BCUT2D eigenvalue weighted by molar-refractivity contribution is 5.75. The Labute approximate surface area is 121 Å². The maximum atomic E-state index is 11.9. The highest BCUT2D eigenvalue weighted by Gasteiger charge is 2.26. The lowest BCUT2D eigenvalue weighted by Crippen LogP contribution is -2.45. The highest BCUT2D eigenvalue weighted by Crippen LogP contribution is 2.17. The SMILES string of the molecule is C=CCCCCCCNC(=O)N1CCC(C(=O)O)CC1. The van der Waals surface area contributed by atoms with E-state index in [1.54, 1.807) is 4.90 Å². The van der Waals surface area contributed by atoms with Gasteiger partial charge in [0, 0.05) is 19.6 Å². The Bertz CT molecular complexity index is 323. The van der Waals surface area contributed by atoms with Crippen LogP contribution in [0.1, 0.15) is 44.9 Å². The van der Waals surface area contributed by atoms with Crippen molar-refractivity contribution in [2.45, 2.75) is 44.9 Å². The third-order valence-corrected chi connectivity index (χ3v) is 3.74. The van der Waals surface area contributed by atoms with E-state index in [1.165, 1.54) is 12.8 Å². The molecule has 0 bridgehead atoms. The number of carboxylic acid groups (broad SMARTS) is 1. The Morgan fingerprint density at radius 2 is 1.85 bits per heavy atom. The Balaban J connectivity index is 2.06. The Kier molecular flexibility index (Phi) is 7.77. The molecular formula is C15H26N2O3. The third-order valence-electron chi connectivity index (χ3n) is 3.74.